The van der Waals surface area contributed by atoms with Crippen LogP contribution < -0.4 is 4.90 Å². The Morgan fingerprint density at radius 2 is 1.63 bits per heavy atom. The van der Waals surface area contributed by atoms with Crippen LogP contribution in [0.25, 0.3) is 22.2 Å². The first-order chi connectivity index (χ1) is 20.7. The Bertz CT molecular complexity index is 1840. The van der Waals surface area contributed by atoms with Gasteiger partial charge in [-0.25, -0.2) is 9.78 Å². The number of rotatable bonds is 7. The highest BCUT2D eigenvalue weighted by Crippen LogP contribution is 2.38. The second kappa shape index (κ2) is 11.1. The summed E-state index contributed by atoms with van der Waals surface area (Å²) in [7, 11) is 0. The first-order valence-electron chi connectivity index (χ1n) is 13.7. The fraction of sp³-hybridized carbons (Fsp3) is 0.182. The Morgan fingerprint density at radius 1 is 0.953 bits per heavy atom. The molecule has 43 heavy (non-hydrogen) atoms. The Balaban J connectivity index is 1.25. The SMILES string of the molecule is Cc1ccc(C(=O)COC(=O)c2cc(-c3ccc(N4C(=O)C5CC=CCC5C4=O)cc3)nc3ccccc23)cc1[N+](=O)[O-]. The smallest absolute Gasteiger partial charge is 0.339 e. The van der Waals surface area contributed by atoms with Gasteiger partial charge in [-0.15, -0.1) is 0 Å². The molecule has 2 aliphatic rings. The molecule has 214 valence electrons. The monoisotopic (exact) mass is 575 g/mol. The Kier molecular flexibility index (Phi) is 7.11. The van der Waals surface area contributed by atoms with Crippen LogP contribution in [0.5, 0.6) is 0 Å². The van der Waals surface area contributed by atoms with Gasteiger partial charge in [-0.05, 0) is 44.0 Å². The Labute approximate surface area is 245 Å². The number of ether oxygens (including phenoxy) is 1. The molecule has 2 atom stereocenters. The van der Waals surface area contributed by atoms with Gasteiger partial charge in [-0.1, -0.05) is 54.6 Å². The maximum atomic E-state index is 13.2. The highest BCUT2D eigenvalue weighted by Gasteiger charge is 2.47. The molecule has 1 aromatic heterocycles. The lowest BCUT2D eigenvalue weighted by Crippen LogP contribution is -2.30. The van der Waals surface area contributed by atoms with Crippen LogP contribution in [0.15, 0.2) is 84.9 Å². The van der Waals surface area contributed by atoms with Gasteiger partial charge in [0.1, 0.15) is 0 Å². The van der Waals surface area contributed by atoms with E-state index >= 15 is 0 Å². The zero-order valence-corrected chi connectivity index (χ0v) is 23.1. The molecular formula is C33H25N3O7. The Hall–Kier alpha value is -5.51. The lowest BCUT2D eigenvalue weighted by molar-refractivity contribution is -0.385. The molecule has 0 radical (unpaired) electrons. The summed E-state index contributed by atoms with van der Waals surface area (Å²) in [4.78, 5) is 68.6. The van der Waals surface area contributed by atoms with E-state index in [1.807, 2.05) is 12.2 Å². The number of esters is 1. The molecule has 4 aromatic rings. The summed E-state index contributed by atoms with van der Waals surface area (Å²) >= 11 is 0. The average Bonchev–Trinajstić information content (AvgIpc) is 3.28. The molecule has 2 unspecified atom stereocenters. The van der Waals surface area contributed by atoms with Gasteiger partial charge >= 0.3 is 5.97 Å². The minimum Gasteiger partial charge on any atom is -0.454 e. The number of para-hydroxylation sites is 1. The number of benzene rings is 3. The summed E-state index contributed by atoms with van der Waals surface area (Å²) in [6.45, 7) is 0.968. The number of aromatic nitrogens is 1. The third-order valence-electron chi connectivity index (χ3n) is 7.93. The fourth-order valence-electron chi connectivity index (χ4n) is 5.60. The molecule has 0 bridgehead atoms. The van der Waals surface area contributed by atoms with E-state index in [4.69, 9.17) is 4.74 Å². The number of allylic oxidation sites excluding steroid dienone is 2. The molecule has 2 amide bonds. The summed E-state index contributed by atoms with van der Waals surface area (Å²) in [6, 6.07) is 19.5. The molecule has 0 N–H and O–H groups in total. The largest absolute Gasteiger partial charge is 0.454 e. The molecule has 1 aliphatic carbocycles. The zero-order chi connectivity index (χ0) is 30.2. The van der Waals surface area contributed by atoms with Crippen LogP contribution in [0.4, 0.5) is 11.4 Å². The van der Waals surface area contributed by atoms with E-state index in [0.717, 1.165) is 0 Å². The number of nitro benzene ring substituents is 1. The first-order valence-corrected chi connectivity index (χ1v) is 13.7. The highest BCUT2D eigenvalue weighted by atomic mass is 16.6. The molecule has 6 rings (SSSR count). The van der Waals surface area contributed by atoms with Gasteiger partial charge < -0.3 is 4.74 Å². The van der Waals surface area contributed by atoms with Crippen molar-refractivity contribution in [3.63, 3.8) is 0 Å². The van der Waals surface area contributed by atoms with E-state index in [1.165, 1.54) is 23.1 Å². The zero-order valence-electron chi connectivity index (χ0n) is 23.1. The second-order valence-electron chi connectivity index (χ2n) is 10.5. The summed E-state index contributed by atoms with van der Waals surface area (Å²) in [5, 5.41) is 11.8. The second-order valence-corrected chi connectivity index (χ2v) is 10.5. The van der Waals surface area contributed by atoms with Gasteiger partial charge in [-0.2, -0.15) is 0 Å². The van der Waals surface area contributed by atoms with Crippen molar-refractivity contribution in [3.8, 4) is 11.3 Å². The van der Waals surface area contributed by atoms with Gasteiger partial charge in [0.2, 0.25) is 17.6 Å². The maximum Gasteiger partial charge on any atom is 0.339 e. The quantitative estimate of drug-likeness (QED) is 0.0692. The number of nitrogens with zero attached hydrogens (tertiary/aromatic N) is 3. The number of hydrogen-bond acceptors (Lipinski definition) is 8. The van der Waals surface area contributed by atoms with E-state index in [-0.39, 0.29) is 40.5 Å². The number of anilines is 1. The van der Waals surface area contributed by atoms with Gasteiger partial charge in [-0.3, -0.25) is 29.4 Å². The van der Waals surface area contributed by atoms with Gasteiger partial charge in [0, 0.05) is 28.1 Å². The minimum absolute atomic E-state index is 0.0657. The van der Waals surface area contributed by atoms with E-state index < -0.39 is 23.3 Å². The molecule has 1 saturated heterocycles. The minimum atomic E-state index is -0.754. The predicted octanol–water partition coefficient (Wildman–Crippen LogP) is 5.61. The molecule has 1 fully saturated rings. The van der Waals surface area contributed by atoms with Crippen LogP contribution in [0, 0.1) is 28.9 Å². The summed E-state index contributed by atoms with van der Waals surface area (Å²) in [5.74, 6) is -2.39. The van der Waals surface area contributed by atoms with Crippen LogP contribution in [0.3, 0.4) is 0 Å². The third kappa shape index (κ3) is 5.07. The number of carbonyl (C=O) groups is 4. The van der Waals surface area contributed by atoms with Crippen molar-refractivity contribution in [1.82, 2.24) is 4.98 Å². The molecule has 0 spiro atoms. The van der Waals surface area contributed by atoms with Crippen molar-refractivity contribution >= 4 is 45.8 Å². The summed E-state index contributed by atoms with van der Waals surface area (Å²) < 4.78 is 5.36. The number of ketones is 1. The first kappa shape index (κ1) is 27.6. The molecule has 2 heterocycles. The fourth-order valence-corrected chi connectivity index (χ4v) is 5.60. The Morgan fingerprint density at radius 3 is 2.30 bits per heavy atom. The highest BCUT2D eigenvalue weighted by molar-refractivity contribution is 6.22. The topological polar surface area (TPSA) is 137 Å². The van der Waals surface area contributed by atoms with Crippen molar-refractivity contribution in [2.75, 3.05) is 11.5 Å². The van der Waals surface area contributed by atoms with Crippen molar-refractivity contribution in [2.45, 2.75) is 19.8 Å². The van der Waals surface area contributed by atoms with Crippen LogP contribution >= 0.6 is 0 Å². The van der Waals surface area contributed by atoms with E-state index in [0.29, 0.717) is 46.3 Å². The summed E-state index contributed by atoms with van der Waals surface area (Å²) in [5.41, 5.74) is 2.57. The number of aryl methyl sites for hydroxylation is 1. The van der Waals surface area contributed by atoms with Gasteiger partial charge in [0.15, 0.2) is 6.61 Å². The van der Waals surface area contributed by atoms with Gasteiger partial charge in [0.05, 0.1) is 39.2 Å². The number of nitro groups is 1. The number of hydrogen-bond donors (Lipinski definition) is 0. The number of carbonyl (C=O) groups excluding carboxylic acids is 4. The molecular weight excluding hydrogens is 550 g/mol. The number of pyridine rings is 1. The molecule has 3 aromatic carbocycles. The summed E-state index contributed by atoms with van der Waals surface area (Å²) in [6.07, 6.45) is 5.00. The van der Waals surface area contributed by atoms with Gasteiger partial charge in [0.25, 0.3) is 5.69 Å². The number of imide groups is 1. The lowest BCUT2D eigenvalue weighted by Gasteiger charge is -2.15. The standard InChI is InChI=1S/C33H25N3O7/c1-19-10-11-21(16-29(19)36(41)42)30(37)18-43-33(40)26-17-28(34-27-9-5-4-6-23(26)27)20-12-14-22(15-13-20)35-31(38)24-7-2-3-8-25(24)32(35)39/h2-6,9-17,24-25H,7-8,18H2,1H3. The van der Waals surface area contributed by atoms with Crippen LogP contribution in [0.1, 0.15) is 39.1 Å². The number of amides is 2. The predicted molar refractivity (Wildman–Crippen MR) is 157 cm³/mol. The molecule has 1 aliphatic heterocycles. The molecule has 0 saturated carbocycles. The van der Waals surface area contributed by atoms with E-state index in [1.54, 1.807) is 61.5 Å². The van der Waals surface area contributed by atoms with Crippen molar-refractivity contribution in [2.24, 2.45) is 11.8 Å². The maximum absolute atomic E-state index is 13.2. The van der Waals surface area contributed by atoms with Crippen molar-refractivity contribution < 1.29 is 28.8 Å². The number of fused-ring (bicyclic) bond motifs is 2. The van der Waals surface area contributed by atoms with Crippen molar-refractivity contribution in [1.29, 1.82) is 0 Å². The van der Waals surface area contributed by atoms with Crippen LogP contribution in [-0.4, -0.2) is 40.1 Å². The normalized spacial score (nSPS) is 17.7. The van der Waals surface area contributed by atoms with Crippen LogP contribution in [0.2, 0.25) is 0 Å². The van der Waals surface area contributed by atoms with Crippen molar-refractivity contribution in [3.05, 3.63) is 112 Å². The molecule has 10 nitrogen and oxygen atoms in total. The average molecular weight is 576 g/mol. The lowest BCUT2D eigenvalue weighted by atomic mass is 9.85. The van der Waals surface area contributed by atoms with E-state index in [9.17, 15) is 29.3 Å². The number of Topliss-reactive ketones (excluding diaryl/α,β-unsaturated/α-hetero) is 1. The third-order valence-corrected chi connectivity index (χ3v) is 7.93. The van der Waals surface area contributed by atoms with E-state index in [2.05, 4.69) is 4.98 Å². The molecule has 10 heteroatoms. The van der Waals surface area contributed by atoms with Crippen LogP contribution in [-0.2, 0) is 14.3 Å².